The quantitative estimate of drug-likeness (QED) is 0.588. The third-order valence-corrected chi connectivity index (χ3v) is 4.31. The van der Waals surface area contributed by atoms with Crippen molar-refractivity contribution in [1.82, 2.24) is 30.0 Å². The number of hydrogen-bond acceptors (Lipinski definition) is 5. The Labute approximate surface area is 155 Å². The van der Waals surface area contributed by atoms with Crippen molar-refractivity contribution in [2.45, 2.75) is 13.5 Å². The number of rotatable bonds is 5. The number of nitrogens with zero attached hydrogens (tertiary/aromatic N) is 5. The molecule has 0 radical (unpaired) electrons. The average molecular weight is 362 g/mol. The van der Waals surface area contributed by atoms with E-state index in [2.05, 4.69) is 20.6 Å². The van der Waals surface area contributed by atoms with Crippen LogP contribution in [0, 0.1) is 6.92 Å². The molecule has 0 spiro atoms. The van der Waals surface area contributed by atoms with E-state index >= 15 is 0 Å². The molecule has 8 nitrogen and oxygen atoms in total. The molecule has 0 fully saturated rings. The fourth-order valence-corrected chi connectivity index (χ4v) is 2.90. The van der Waals surface area contributed by atoms with Gasteiger partial charge in [-0.25, -0.2) is 9.89 Å². The Morgan fingerprint density at radius 2 is 2.00 bits per heavy atom. The van der Waals surface area contributed by atoms with Crippen molar-refractivity contribution in [2.75, 3.05) is 0 Å². The largest absolute Gasteiger partial charge is 0.489 e. The highest BCUT2D eigenvalue weighted by Crippen LogP contribution is 2.24. The Morgan fingerprint density at radius 3 is 2.74 bits per heavy atom. The fraction of sp³-hybridized carbons (Fsp3) is 0.158. The molecule has 2 heterocycles. The van der Waals surface area contributed by atoms with Gasteiger partial charge in [0.2, 0.25) is 0 Å². The van der Waals surface area contributed by atoms with E-state index in [1.807, 2.05) is 68.7 Å². The molecule has 0 aliphatic heterocycles. The van der Waals surface area contributed by atoms with Crippen molar-refractivity contribution < 1.29 is 4.74 Å². The molecule has 0 bridgehead atoms. The zero-order valence-electron chi connectivity index (χ0n) is 15.0. The zero-order chi connectivity index (χ0) is 18.8. The molecule has 4 aromatic rings. The number of benzene rings is 2. The molecule has 1 N–H and O–H groups in total. The number of ether oxygens (including phenoxy) is 1. The summed E-state index contributed by atoms with van der Waals surface area (Å²) >= 11 is 0. The summed E-state index contributed by atoms with van der Waals surface area (Å²) < 4.78 is 9.01. The normalized spacial score (nSPS) is 10.9. The van der Waals surface area contributed by atoms with E-state index in [9.17, 15) is 4.79 Å². The topological polar surface area (TPSA) is 90.6 Å². The molecular formula is C19H18N6O2. The predicted octanol–water partition coefficient (Wildman–Crippen LogP) is 2.24. The van der Waals surface area contributed by atoms with Gasteiger partial charge in [-0.15, -0.1) is 0 Å². The van der Waals surface area contributed by atoms with Crippen LogP contribution in [0.25, 0.3) is 16.9 Å². The third kappa shape index (κ3) is 3.37. The van der Waals surface area contributed by atoms with Crippen LogP contribution in [0.15, 0.2) is 59.5 Å². The number of aryl methyl sites for hydroxylation is 2. The molecule has 4 rings (SSSR count). The summed E-state index contributed by atoms with van der Waals surface area (Å²) in [5.41, 5.74) is 3.99. The lowest BCUT2D eigenvalue weighted by Gasteiger charge is -2.13. The number of hydrogen-bond donors (Lipinski definition) is 1. The van der Waals surface area contributed by atoms with Gasteiger partial charge in [0, 0.05) is 24.4 Å². The highest BCUT2D eigenvalue weighted by molar-refractivity contribution is 5.60. The summed E-state index contributed by atoms with van der Waals surface area (Å²) in [6.45, 7) is 2.27. The summed E-state index contributed by atoms with van der Waals surface area (Å²) in [5, 5.41) is 14.1. The van der Waals surface area contributed by atoms with Gasteiger partial charge in [-0.05, 0) is 47.2 Å². The summed E-state index contributed by atoms with van der Waals surface area (Å²) in [6, 6.07) is 15.4. The lowest BCUT2D eigenvalue weighted by Crippen LogP contribution is -2.18. The van der Waals surface area contributed by atoms with Gasteiger partial charge in [-0.1, -0.05) is 24.3 Å². The van der Waals surface area contributed by atoms with Crippen LogP contribution in [0.5, 0.6) is 5.75 Å². The smallest absolute Gasteiger partial charge is 0.365 e. The Morgan fingerprint density at radius 1 is 1.15 bits per heavy atom. The molecule has 2 aromatic heterocycles. The maximum absolute atomic E-state index is 11.9. The number of H-pyrrole nitrogens is 1. The van der Waals surface area contributed by atoms with Crippen molar-refractivity contribution in [3.8, 4) is 22.7 Å². The number of aromatic amines is 1. The second-order valence-electron chi connectivity index (χ2n) is 6.18. The molecule has 2 aromatic carbocycles. The Kier molecular flexibility index (Phi) is 4.29. The highest BCUT2D eigenvalue weighted by atomic mass is 16.5. The SMILES string of the molecule is Cc1cccc(-n2nn[nH]c2=O)c1COc1cccc(-c2ccn(C)n2)c1. The molecule has 27 heavy (non-hydrogen) atoms. The lowest BCUT2D eigenvalue weighted by molar-refractivity contribution is 0.305. The Balaban J connectivity index is 1.61. The van der Waals surface area contributed by atoms with Crippen molar-refractivity contribution >= 4 is 0 Å². The first-order chi connectivity index (χ1) is 13.1. The van der Waals surface area contributed by atoms with Crippen LogP contribution in [0.1, 0.15) is 11.1 Å². The Bertz CT molecular complexity index is 1140. The van der Waals surface area contributed by atoms with Crippen molar-refractivity contribution in [2.24, 2.45) is 7.05 Å². The molecule has 0 saturated heterocycles. The molecular weight excluding hydrogens is 344 g/mol. The fourth-order valence-electron chi connectivity index (χ4n) is 2.90. The molecule has 0 aliphatic rings. The first-order valence-corrected chi connectivity index (χ1v) is 8.44. The molecule has 0 aliphatic carbocycles. The van der Waals surface area contributed by atoms with E-state index in [-0.39, 0.29) is 5.69 Å². The minimum atomic E-state index is -0.390. The van der Waals surface area contributed by atoms with Crippen molar-refractivity contribution in [1.29, 1.82) is 0 Å². The van der Waals surface area contributed by atoms with Crippen molar-refractivity contribution in [3.63, 3.8) is 0 Å². The molecule has 8 heteroatoms. The average Bonchev–Trinajstić information content (AvgIpc) is 3.29. The molecule has 0 amide bonds. The van der Waals surface area contributed by atoms with Gasteiger partial charge in [-0.3, -0.25) is 4.68 Å². The van der Waals surface area contributed by atoms with E-state index in [0.29, 0.717) is 12.3 Å². The summed E-state index contributed by atoms with van der Waals surface area (Å²) in [6.07, 6.45) is 1.90. The summed E-state index contributed by atoms with van der Waals surface area (Å²) in [5.74, 6) is 0.722. The maximum Gasteiger partial charge on any atom is 0.365 e. The monoisotopic (exact) mass is 362 g/mol. The molecule has 0 unspecified atom stereocenters. The van der Waals surface area contributed by atoms with E-state index in [1.165, 1.54) is 4.68 Å². The molecule has 0 saturated carbocycles. The number of nitrogens with one attached hydrogen (secondary N) is 1. The summed E-state index contributed by atoms with van der Waals surface area (Å²) in [7, 11) is 1.88. The maximum atomic E-state index is 11.9. The molecule has 0 atom stereocenters. The predicted molar refractivity (Wildman–Crippen MR) is 99.7 cm³/mol. The van der Waals surface area contributed by atoms with E-state index in [4.69, 9.17) is 4.74 Å². The van der Waals surface area contributed by atoms with E-state index in [0.717, 1.165) is 28.1 Å². The van der Waals surface area contributed by atoms with Gasteiger partial charge in [0.15, 0.2) is 0 Å². The van der Waals surface area contributed by atoms with Crippen LogP contribution < -0.4 is 10.4 Å². The standard InChI is InChI=1S/C19H18N6O2/c1-13-5-3-8-18(25-19(26)20-22-23-25)16(13)12-27-15-7-4-6-14(11-15)17-9-10-24(2)21-17/h3-11H,12H2,1-2H3,(H,20,23,26). The number of tetrazole rings is 1. The zero-order valence-corrected chi connectivity index (χ0v) is 15.0. The minimum absolute atomic E-state index is 0.299. The first-order valence-electron chi connectivity index (χ1n) is 8.44. The second kappa shape index (κ2) is 6.91. The van der Waals surface area contributed by atoms with Crippen LogP contribution in [0.2, 0.25) is 0 Å². The second-order valence-corrected chi connectivity index (χ2v) is 6.18. The van der Waals surface area contributed by atoms with Gasteiger partial charge < -0.3 is 4.74 Å². The third-order valence-electron chi connectivity index (χ3n) is 4.31. The van der Waals surface area contributed by atoms with Gasteiger partial charge in [-0.2, -0.15) is 9.78 Å². The minimum Gasteiger partial charge on any atom is -0.489 e. The van der Waals surface area contributed by atoms with Gasteiger partial charge in [0.1, 0.15) is 12.4 Å². The van der Waals surface area contributed by atoms with Gasteiger partial charge in [0.05, 0.1) is 11.4 Å². The first kappa shape index (κ1) is 16.8. The van der Waals surface area contributed by atoms with Crippen LogP contribution in [-0.2, 0) is 13.7 Å². The van der Waals surface area contributed by atoms with Crippen molar-refractivity contribution in [3.05, 3.63) is 76.3 Å². The van der Waals surface area contributed by atoms with Crippen LogP contribution in [-0.4, -0.2) is 30.0 Å². The van der Waals surface area contributed by atoms with Gasteiger partial charge >= 0.3 is 5.69 Å². The van der Waals surface area contributed by atoms with Gasteiger partial charge in [0.25, 0.3) is 0 Å². The van der Waals surface area contributed by atoms with E-state index < -0.39 is 0 Å². The Hall–Kier alpha value is -3.68. The lowest BCUT2D eigenvalue weighted by atomic mass is 10.1. The van der Waals surface area contributed by atoms with Crippen LogP contribution in [0.3, 0.4) is 0 Å². The van der Waals surface area contributed by atoms with E-state index in [1.54, 1.807) is 4.68 Å². The van der Waals surface area contributed by atoms with Crippen LogP contribution >= 0.6 is 0 Å². The summed E-state index contributed by atoms with van der Waals surface area (Å²) in [4.78, 5) is 11.9. The number of aromatic nitrogens is 6. The van der Waals surface area contributed by atoms with Crippen LogP contribution in [0.4, 0.5) is 0 Å². The molecule has 136 valence electrons. The highest BCUT2D eigenvalue weighted by Gasteiger charge is 2.12.